The molecule has 1 aromatic rings. The van der Waals surface area contributed by atoms with Crippen molar-refractivity contribution in [3.8, 4) is 0 Å². The lowest BCUT2D eigenvalue weighted by Gasteiger charge is -2.32. The van der Waals surface area contributed by atoms with E-state index in [9.17, 15) is 4.79 Å². The van der Waals surface area contributed by atoms with Crippen molar-refractivity contribution < 1.29 is 9.32 Å². The molecule has 1 unspecified atom stereocenters. The van der Waals surface area contributed by atoms with E-state index in [1.165, 1.54) is 0 Å². The molecular formula is C12H17BrN2O2. The molecular weight excluding hydrogens is 284 g/mol. The molecule has 0 aliphatic carbocycles. The van der Waals surface area contributed by atoms with E-state index in [-0.39, 0.29) is 5.91 Å². The molecule has 0 radical (unpaired) electrons. The summed E-state index contributed by atoms with van der Waals surface area (Å²) >= 11 is 3.61. The van der Waals surface area contributed by atoms with Gasteiger partial charge in [-0.3, -0.25) is 4.79 Å². The number of carbonyl (C=O) groups excluding carboxylic acids is 1. The summed E-state index contributed by atoms with van der Waals surface area (Å²) in [7, 11) is 0. The van der Waals surface area contributed by atoms with Crippen molar-refractivity contribution in [2.45, 2.75) is 31.5 Å². The van der Waals surface area contributed by atoms with Crippen molar-refractivity contribution in [3.05, 3.63) is 17.5 Å². The second-order valence-corrected chi connectivity index (χ2v) is 6.08. The van der Waals surface area contributed by atoms with Gasteiger partial charge < -0.3 is 9.42 Å². The van der Waals surface area contributed by atoms with Crippen molar-refractivity contribution in [3.63, 3.8) is 0 Å². The normalized spacial score (nSPS) is 19.4. The molecule has 0 aromatic carbocycles. The summed E-state index contributed by atoms with van der Waals surface area (Å²) in [5.74, 6) is 0.981. The van der Waals surface area contributed by atoms with Gasteiger partial charge >= 0.3 is 0 Å². The Morgan fingerprint density at radius 3 is 2.71 bits per heavy atom. The van der Waals surface area contributed by atoms with Crippen molar-refractivity contribution in [1.82, 2.24) is 10.1 Å². The number of nitrogens with zero attached hydrogens (tertiary/aromatic N) is 2. The Kier molecular flexibility index (Phi) is 3.86. The quantitative estimate of drug-likeness (QED) is 0.789. The van der Waals surface area contributed by atoms with Gasteiger partial charge in [0.15, 0.2) is 0 Å². The maximum absolute atomic E-state index is 12.1. The van der Waals surface area contributed by atoms with Gasteiger partial charge in [-0.2, -0.15) is 0 Å². The minimum atomic E-state index is -0.0359. The fourth-order valence-electron chi connectivity index (χ4n) is 2.18. The predicted molar refractivity (Wildman–Crippen MR) is 68.3 cm³/mol. The largest absolute Gasteiger partial charge is 0.351 e. The van der Waals surface area contributed by atoms with Gasteiger partial charge in [-0.05, 0) is 25.7 Å². The van der Waals surface area contributed by atoms with Crippen LogP contribution in [0.25, 0.3) is 0 Å². The van der Waals surface area contributed by atoms with Crippen LogP contribution in [0.1, 0.15) is 36.0 Å². The Labute approximate surface area is 109 Å². The zero-order valence-corrected chi connectivity index (χ0v) is 11.7. The van der Waals surface area contributed by atoms with Crippen LogP contribution in [0.4, 0.5) is 0 Å². The number of aryl methyl sites for hydroxylation is 1. The Bertz CT molecular complexity index is 395. The third-order valence-corrected chi connectivity index (χ3v) is 4.06. The minimum Gasteiger partial charge on any atom is -0.351 e. The monoisotopic (exact) mass is 300 g/mol. The van der Waals surface area contributed by atoms with Gasteiger partial charge in [0, 0.05) is 24.0 Å². The van der Waals surface area contributed by atoms with Crippen molar-refractivity contribution in [1.29, 1.82) is 0 Å². The molecule has 1 fully saturated rings. The standard InChI is InChI=1S/C12H17BrN2O2/c1-8-7-11(17-14-8)12(16)15-5-3-10(4-6-15)9(2)13/h7,9-10H,3-6H2,1-2H3. The van der Waals surface area contributed by atoms with Crippen LogP contribution in [0.2, 0.25) is 0 Å². The number of carbonyl (C=O) groups is 1. The van der Waals surface area contributed by atoms with Crippen LogP contribution in [0, 0.1) is 12.8 Å². The number of likely N-dealkylation sites (tertiary alicyclic amines) is 1. The first kappa shape index (κ1) is 12.6. The molecule has 1 atom stereocenters. The first-order valence-electron chi connectivity index (χ1n) is 5.94. The predicted octanol–water partition coefficient (Wildman–Crippen LogP) is 2.62. The Balaban J connectivity index is 1.95. The van der Waals surface area contributed by atoms with E-state index in [0.717, 1.165) is 31.6 Å². The van der Waals surface area contributed by atoms with E-state index in [0.29, 0.717) is 16.5 Å². The molecule has 1 amide bonds. The van der Waals surface area contributed by atoms with E-state index in [1.807, 2.05) is 11.8 Å². The van der Waals surface area contributed by atoms with Gasteiger partial charge in [0.25, 0.3) is 5.91 Å². The lowest BCUT2D eigenvalue weighted by Crippen LogP contribution is -2.39. The molecule has 94 valence electrons. The molecule has 0 saturated carbocycles. The van der Waals surface area contributed by atoms with Crippen LogP contribution >= 0.6 is 15.9 Å². The molecule has 2 heterocycles. The average Bonchev–Trinajstić information content (AvgIpc) is 2.75. The van der Waals surface area contributed by atoms with E-state index in [1.54, 1.807) is 6.07 Å². The average molecular weight is 301 g/mol. The van der Waals surface area contributed by atoms with Crippen LogP contribution < -0.4 is 0 Å². The van der Waals surface area contributed by atoms with E-state index in [2.05, 4.69) is 28.0 Å². The number of hydrogen-bond acceptors (Lipinski definition) is 3. The van der Waals surface area contributed by atoms with Gasteiger partial charge in [0.05, 0.1) is 5.69 Å². The second-order valence-electron chi connectivity index (χ2n) is 4.64. The summed E-state index contributed by atoms with van der Waals surface area (Å²) in [5, 5.41) is 3.75. The lowest BCUT2D eigenvalue weighted by atomic mass is 9.94. The molecule has 1 aliphatic rings. The SMILES string of the molecule is Cc1cc(C(=O)N2CCC(C(C)Br)CC2)on1. The molecule has 0 bridgehead atoms. The van der Waals surface area contributed by atoms with Crippen LogP contribution in [0.3, 0.4) is 0 Å². The number of aromatic nitrogens is 1. The van der Waals surface area contributed by atoms with E-state index in [4.69, 9.17) is 4.52 Å². The van der Waals surface area contributed by atoms with Crippen molar-refractivity contribution >= 4 is 21.8 Å². The van der Waals surface area contributed by atoms with Crippen LogP contribution in [-0.2, 0) is 0 Å². The maximum atomic E-state index is 12.1. The highest BCUT2D eigenvalue weighted by molar-refractivity contribution is 9.09. The van der Waals surface area contributed by atoms with Crippen molar-refractivity contribution in [2.24, 2.45) is 5.92 Å². The van der Waals surface area contributed by atoms with E-state index < -0.39 is 0 Å². The Morgan fingerprint density at radius 1 is 1.59 bits per heavy atom. The molecule has 1 aromatic heterocycles. The Hall–Kier alpha value is -0.840. The molecule has 1 saturated heterocycles. The van der Waals surface area contributed by atoms with E-state index >= 15 is 0 Å². The van der Waals surface area contributed by atoms with Crippen LogP contribution in [-0.4, -0.2) is 33.9 Å². The Morgan fingerprint density at radius 2 is 2.24 bits per heavy atom. The summed E-state index contributed by atoms with van der Waals surface area (Å²) in [6.07, 6.45) is 2.09. The molecule has 17 heavy (non-hydrogen) atoms. The second kappa shape index (κ2) is 5.21. The van der Waals surface area contributed by atoms with Gasteiger partial charge in [-0.1, -0.05) is 28.0 Å². The van der Waals surface area contributed by atoms with Crippen LogP contribution in [0.5, 0.6) is 0 Å². The molecule has 4 nitrogen and oxygen atoms in total. The fraction of sp³-hybridized carbons (Fsp3) is 0.667. The summed E-state index contributed by atoms with van der Waals surface area (Å²) < 4.78 is 5.00. The number of halogens is 1. The van der Waals surface area contributed by atoms with Gasteiger partial charge in [0.1, 0.15) is 0 Å². The number of alkyl halides is 1. The first-order valence-corrected chi connectivity index (χ1v) is 6.86. The lowest BCUT2D eigenvalue weighted by molar-refractivity contribution is 0.0649. The molecule has 0 N–H and O–H groups in total. The molecule has 1 aliphatic heterocycles. The highest BCUT2D eigenvalue weighted by atomic mass is 79.9. The smallest absolute Gasteiger partial charge is 0.292 e. The highest BCUT2D eigenvalue weighted by Crippen LogP contribution is 2.25. The number of hydrogen-bond donors (Lipinski definition) is 0. The number of amides is 1. The summed E-state index contributed by atoms with van der Waals surface area (Å²) in [4.78, 5) is 14.4. The molecule has 5 heteroatoms. The third-order valence-electron chi connectivity index (χ3n) is 3.32. The van der Waals surface area contributed by atoms with Gasteiger partial charge in [-0.15, -0.1) is 0 Å². The van der Waals surface area contributed by atoms with Gasteiger partial charge in [0.2, 0.25) is 5.76 Å². The highest BCUT2D eigenvalue weighted by Gasteiger charge is 2.27. The van der Waals surface area contributed by atoms with Crippen molar-refractivity contribution in [2.75, 3.05) is 13.1 Å². The van der Waals surface area contributed by atoms with Crippen LogP contribution in [0.15, 0.2) is 10.6 Å². The number of piperidine rings is 1. The number of rotatable bonds is 2. The minimum absolute atomic E-state index is 0.0359. The topological polar surface area (TPSA) is 46.3 Å². The van der Waals surface area contributed by atoms with Gasteiger partial charge in [-0.25, -0.2) is 0 Å². The zero-order valence-electron chi connectivity index (χ0n) is 10.1. The first-order chi connectivity index (χ1) is 8.08. The summed E-state index contributed by atoms with van der Waals surface area (Å²) in [5.41, 5.74) is 0.748. The third kappa shape index (κ3) is 2.89. The molecule has 2 rings (SSSR count). The maximum Gasteiger partial charge on any atom is 0.292 e. The summed E-state index contributed by atoms with van der Waals surface area (Å²) in [6, 6.07) is 1.70. The molecule has 0 spiro atoms. The zero-order chi connectivity index (χ0) is 12.4. The fourth-order valence-corrected chi connectivity index (χ4v) is 2.71. The summed E-state index contributed by atoms with van der Waals surface area (Å²) in [6.45, 7) is 5.60.